The van der Waals surface area contributed by atoms with Crippen molar-refractivity contribution >= 4 is 209 Å². The van der Waals surface area contributed by atoms with E-state index in [2.05, 4.69) is 83.9 Å². The Morgan fingerprint density at radius 3 is 1.20 bits per heavy atom. The summed E-state index contributed by atoms with van der Waals surface area (Å²) in [4.78, 5) is 132. The summed E-state index contributed by atoms with van der Waals surface area (Å²) >= 11 is 15.4. The van der Waals surface area contributed by atoms with Crippen LogP contribution in [0.3, 0.4) is 0 Å². The molecule has 0 radical (unpaired) electrons. The van der Waals surface area contributed by atoms with Crippen molar-refractivity contribution in [3.05, 3.63) is 311 Å². The summed E-state index contributed by atoms with van der Waals surface area (Å²) < 4.78 is 0. The first-order valence-corrected chi connectivity index (χ1v) is 43.0. The predicted octanol–water partition coefficient (Wildman–Crippen LogP) is 20.7. The minimum atomic E-state index is -0.830. The summed E-state index contributed by atoms with van der Waals surface area (Å²) in [5.41, 5.74) is 29.4. The quantitative estimate of drug-likeness (QED) is 0.0355. The SMILES string of the molecule is Cc1[nH]c(/C=C2\C(=O)Nc3ccc(Cl)cc32)c(C)c1CCC(=O)O.Cc1c(CCC(=O)O)c[nH]c1/C=C1\C(=O)Nc2ccc(Cl)cc21.Cc1c(CCC(=O)O)c[nH]c1/C=C1\C(=O)Nc2ccccc21.Cc1c[nH]c(/C=C2\C(=O)Nc3ccccc32)c1CCC(=O)O.Cc1ccc(/C=C2\C(=O)Nc3cccc(C)c32)s1.Cc1ccsc1/C=C1\C(=O)Nc2cccc(C)c21. The van der Waals surface area contributed by atoms with Gasteiger partial charge in [0.1, 0.15) is 0 Å². The molecule has 28 heteroatoms. The molecule has 0 unspecified atom stereocenters. The lowest BCUT2D eigenvalue weighted by molar-refractivity contribution is -0.138. The van der Waals surface area contributed by atoms with Gasteiger partial charge in [-0.2, -0.15) is 0 Å². The molecule has 127 heavy (non-hydrogen) atoms. The third-order valence-corrected chi connectivity index (χ3v) is 24.6. The van der Waals surface area contributed by atoms with E-state index in [0.717, 1.165) is 173 Å². The number of anilines is 6. The van der Waals surface area contributed by atoms with E-state index in [0.29, 0.717) is 58.0 Å². The fourth-order valence-corrected chi connectivity index (χ4v) is 17.5. The molecule has 6 aromatic heterocycles. The lowest BCUT2D eigenvalue weighted by atomic mass is 10.0. The smallest absolute Gasteiger partial charge is 0.303 e. The van der Waals surface area contributed by atoms with Crippen LogP contribution in [0.5, 0.6) is 0 Å². The predicted molar refractivity (Wildman–Crippen MR) is 506 cm³/mol. The van der Waals surface area contributed by atoms with Gasteiger partial charge in [-0.15, -0.1) is 22.7 Å². The maximum absolute atomic E-state index is 12.3. The number of carboxylic acids is 4. The average molecular weight is 1780 g/mol. The summed E-state index contributed by atoms with van der Waals surface area (Å²) in [6, 6.07) is 43.7. The maximum atomic E-state index is 12.3. The van der Waals surface area contributed by atoms with Gasteiger partial charge < -0.3 is 72.3 Å². The van der Waals surface area contributed by atoms with Crippen LogP contribution >= 0.6 is 45.9 Å². The second-order valence-electron chi connectivity index (χ2n) is 30.9. The number of halogens is 2. The number of para-hydroxylation sites is 2. The van der Waals surface area contributed by atoms with Crippen molar-refractivity contribution in [1.82, 2.24) is 19.9 Å². The van der Waals surface area contributed by atoms with E-state index < -0.39 is 23.9 Å². The van der Waals surface area contributed by atoms with Gasteiger partial charge in [0.25, 0.3) is 35.4 Å². The molecule has 646 valence electrons. The van der Waals surface area contributed by atoms with Crippen LogP contribution in [0.2, 0.25) is 10.0 Å². The van der Waals surface area contributed by atoms with Crippen LogP contribution in [0.25, 0.3) is 69.9 Å². The number of benzene rings is 6. The Kier molecular flexibility index (Phi) is 28.2. The van der Waals surface area contributed by atoms with E-state index in [1.807, 2.05) is 169 Å². The van der Waals surface area contributed by atoms with Crippen LogP contribution in [-0.4, -0.2) is 99.7 Å². The Labute approximate surface area is 749 Å². The molecule has 6 aliphatic rings. The van der Waals surface area contributed by atoms with Crippen molar-refractivity contribution in [2.75, 3.05) is 31.9 Å². The molecule has 24 nitrogen and oxygen atoms in total. The lowest BCUT2D eigenvalue weighted by Gasteiger charge is -2.02. The van der Waals surface area contributed by atoms with E-state index in [1.165, 1.54) is 10.4 Å². The number of nitrogens with one attached hydrogen (secondary N) is 10. The number of aliphatic carboxylic acids is 4. The molecule has 0 bridgehead atoms. The molecule has 18 rings (SSSR count). The summed E-state index contributed by atoms with van der Waals surface area (Å²) in [5, 5.41) is 55.6. The highest BCUT2D eigenvalue weighted by molar-refractivity contribution is 7.13. The number of carboxylic acid groups (broad SMARTS) is 4. The van der Waals surface area contributed by atoms with Crippen LogP contribution in [0.4, 0.5) is 34.1 Å². The van der Waals surface area contributed by atoms with Gasteiger partial charge in [0.2, 0.25) is 0 Å². The third-order valence-electron chi connectivity index (χ3n) is 22.2. The number of hydrogen-bond acceptors (Lipinski definition) is 12. The first-order valence-electron chi connectivity index (χ1n) is 40.6. The third kappa shape index (κ3) is 21.2. The van der Waals surface area contributed by atoms with Gasteiger partial charge in [0.05, 0.1) is 33.4 Å². The minimum absolute atomic E-state index is 0.00731. The Bertz CT molecular complexity index is 6670. The molecule has 6 aliphatic heterocycles. The molecular formula is C99H90Cl2N10O14S2. The van der Waals surface area contributed by atoms with Crippen molar-refractivity contribution in [3.8, 4) is 0 Å². The summed E-state index contributed by atoms with van der Waals surface area (Å²) in [5.74, 6) is -3.93. The first kappa shape index (κ1) is 90.3. The van der Waals surface area contributed by atoms with E-state index in [-0.39, 0.29) is 61.1 Å². The number of rotatable bonds is 18. The summed E-state index contributed by atoms with van der Waals surface area (Å²) in [6.07, 6.45) is 18.7. The monoisotopic (exact) mass is 1780 g/mol. The van der Waals surface area contributed by atoms with Crippen molar-refractivity contribution in [3.63, 3.8) is 0 Å². The molecule has 6 aromatic carbocycles. The van der Waals surface area contributed by atoms with Gasteiger partial charge in [-0.1, -0.05) is 83.9 Å². The van der Waals surface area contributed by atoms with Gasteiger partial charge >= 0.3 is 23.9 Å². The second kappa shape index (κ2) is 39.6. The van der Waals surface area contributed by atoms with Crippen molar-refractivity contribution in [2.24, 2.45) is 0 Å². The number of fused-ring (bicyclic) bond motifs is 6. The Morgan fingerprint density at radius 2 is 0.748 bits per heavy atom. The topological polar surface area (TPSA) is 387 Å². The lowest BCUT2D eigenvalue weighted by Crippen LogP contribution is -2.04. The highest BCUT2D eigenvalue weighted by Gasteiger charge is 2.32. The number of hydrogen-bond donors (Lipinski definition) is 14. The van der Waals surface area contributed by atoms with Crippen molar-refractivity contribution in [2.45, 2.75) is 114 Å². The van der Waals surface area contributed by atoms with Gasteiger partial charge in [0, 0.05) is 165 Å². The van der Waals surface area contributed by atoms with Crippen LogP contribution in [0.1, 0.15) is 163 Å². The number of carbonyl (C=O) groups is 10. The Balaban J connectivity index is 0.000000131. The van der Waals surface area contributed by atoms with E-state index in [9.17, 15) is 47.9 Å². The van der Waals surface area contributed by atoms with E-state index >= 15 is 0 Å². The van der Waals surface area contributed by atoms with Crippen LogP contribution < -0.4 is 31.9 Å². The van der Waals surface area contributed by atoms with Crippen molar-refractivity contribution in [1.29, 1.82) is 0 Å². The highest BCUT2D eigenvalue weighted by atomic mass is 35.5. The number of aromatic amines is 4. The van der Waals surface area contributed by atoms with Crippen molar-refractivity contribution < 1.29 is 68.4 Å². The summed E-state index contributed by atoms with van der Waals surface area (Å²) in [7, 11) is 0. The van der Waals surface area contributed by atoms with Gasteiger partial charge in [0.15, 0.2) is 0 Å². The number of aryl methyl sites for hydroxylation is 8. The standard InChI is InChI=1S/C18H17ClN2O3.C17H15ClN2O3.2C17H16N2O3.2C15H13NOS/c1-9-12(4-6-17(22)23)10(2)20-16(9)8-14-13-7-11(19)3-5-15(13)21-18(14)24;1-9-10(2-5-16(21)22)8-19-15(9)7-13-12-6-11(18)3-4-14(12)20-17(13)23;1-10-11(6-7-16(20)21)9-18-15(10)8-13-12-4-2-3-5-14(12)19-17(13)22;1-10-9-18-15(11(10)6-7-16(20)21)8-13-12-4-2-3-5-14(12)19-17(13)22;1-9-6-7-18-13(9)8-11-14-10(2)4-3-5-12(14)16-15(11)17;1-9-4-3-5-13-14(9)12(15(17)16-13)8-11-7-6-10(2)18-11/h3,5,7-8,20H,4,6H2,1-2H3,(H,21,24)(H,22,23);3-4,6-8,19H,2,5H2,1H3,(H,20,23)(H,21,22);2*2-5,8-9,18H,6-7H2,1H3,(H,19,22)(H,20,21);2*3-8H,1-2H3,(H,16,17)/b14-8-;13-7-;2*13-8-;11-8-;12-8-. The molecule has 0 atom stereocenters. The molecule has 0 fully saturated rings. The number of carbonyl (C=O) groups excluding carboxylic acids is 6. The molecule has 0 spiro atoms. The van der Waals surface area contributed by atoms with Crippen LogP contribution in [0, 0.1) is 62.3 Å². The molecular weight excluding hydrogens is 1690 g/mol. The fraction of sp³-hybridized carbons (Fsp3) is 0.172. The number of H-pyrrole nitrogens is 4. The normalized spacial score (nSPS) is 15.2. The highest BCUT2D eigenvalue weighted by Crippen LogP contribution is 2.42. The molecule has 0 saturated carbocycles. The maximum Gasteiger partial charge on any atom is 0.303 e. The zero-order valence-electron chi connectivity index (χ0n) is 70.7. The van der Waals surface area contributed by atoms with E-state index in [1.54, 1.807) is 83.5 Å². The molecule has 6 amide bonds. The van der Waals surface area contributed by atoms with E-state index in [4.69, 9.17) is 43.6 Å². The zero-order chi connectivity index (χ0) is 90.8. The zero-order valence-corrected chi connectivity index (χ0v) is 73.8. The molecule has 14 N–H and O–H groups in total. The average Bonchev–Trinajstić information content (AvgIpc) is 1.83. The number of amides is 6. The van der Waals surface area contributed by atoms with Gasteiger partial charge in [-0.25, -0.2) is 0 Å². The van der Waals surface area contributed by atoms with Gasteiger partial charge in [-0.05, 0) is 270 Å². The van der Waals surface area contributed by atoms with Gasteiger partial charge in [-0.3, -0.25) is 47.9 Å². The number of thiophene rings is 2. The molecule has 0 saturated heterocycles. The molecule has 12 heterocycles. The first-order chi connectivity index (χ1) is 60.7. The molecule has 0 aliphatic carbocycles. The van der Waals surface area contributed by atoms with Crippen LogP contribution in [0.15, 0.2) is 163 Å². The number of aromatic nitrogens is 4. The van der Waals surface area contributed by atoms with Crippen LogP contribution in [-0.2, 0) is 73.6 Å². The fourth-order valence-electron chi connectivity index (χ4n) is 15.5. The Morgan fingerprint density at radius 1 is 0.354 bits per heavy atom. The molecule has 12 aromatic rings. The largest absolute Gasteiger partial charge is 0.481 e. The summed E-state index contributed by atoms with van der Waals surface area (Å²) in [6.45, 7) is 17.8. The minimum Gasteiger partial charge on any atom is -0.481 e. The Hall–Kier alpha value is -14.4. The second-order valence-corrected chi connectivity index (χ2v) is 34.0.